The van der Waals surface area contributed by atoms with Crippen molar-refractivity contribution in [2.24, 2.45) is 0 Å². The summed E-state index contributed by atoms with van der Waals surface area (Å²) < 4.78 is 26.5. The van der Waals surface area contributed by atoms with E-state index in [1.54, 1.807) is 25.1 Å². The number of nitrogens with zero attached hydrogens (tertiary/aromatic N) is 2. The van der Waals surface area contributed by atoms with Crippen LogP contribution in [0.1, 0.15) is 5.56 Å². The van der Waals surface area contributed by atoms with Gasteiger partial charge in [0.15, 0.2) is 0 Å². The number of amides is 2. The van der Waals surface area contributed by atoms with Gasteiger partial charge >= 0.3 is 11.8 Å². The molecule has 0 bridgehead atoms. The molecule has 29 heavy (non-hydrogen) atoms. The Morgan fingerprint density at radius 2 is 1.66 bits per heavy atom. The van der Waals surface area contributed by atoms with Crippen LogP contribution in [0, 0.1) is 18.6 Å². The predicted octanol–water partition coefficient (Wildman–Crippen LogP) is 2.15. The Kier molecular flexibility index (Phi) is 6.77. The van der Waals surface area contributed by atoms with Crippen LogP contribution in [0.25, 0.3) is 0 Å². The van der Waals surface area contributed by atoms with Crippen LogP contribution in [0.2, 0.25) is 0 Å². The van der Waals surface area contributed by atoms with E-state index in [9.17, 15) is 18.4 Å². The summed E-state index contributed by atoms with van der Waals surface area (Å²) in [7, 11) is 0. The lowest BCUT2D eigenvalue weighted by molar-refractivity contribution is -0.136. The zero-order chi connectivity index (χ0) is 20.8. The lowest BCUT2D eigenvalue weighted by atomic mass is 10.2. The third-order valence-electron chi connectivity index (χ3n) is 4.91. The highest BCUT2D eigenvalue weighted by Gasteiger charge is 2.18. The summed E-state index contributed by atoms with van der Waals surface area (Å²) in [5, 5.41) is 4.97. The highest BCUT2D eigenvalue weighted by atomic mass is 19.1. The van der Waals surface area contributed by atoms with E-state index >= 15 is 0 Å². The zero-order valence-electron chi connectivity index (χ0n) is 16.3. The van der Waals surface area contributed by atoms with Gasteiger partial charge in [-0.15, -0.1) is 0 Å². The number of piperazine rings is 1. The fraction of sp³-hybridized carbons (Fsp3) is 0.333. The van der Waals surface area contributed by atoms with Crippen LogP contribution in [0.4, 0.5) is 20.2 Å². The van der Waals surface area contributed by atoms with E-state index in [1.807, 2.05) is 0 Å². The Morgan fingerprint density at radius 3 is 2.31 bits per heavy atom. The molecular weight excluding hydrogens is 378 g/mol. The number of hydrogen-bond donors (Lipinski definition) is 2. The Labute approximate surface area is 168 Å². The minimum Gasteiger partial charge on any atom is -0.369 e. The van der Waals surface area contributed by atoms with Crippen molar-refractivity contribution in [3.8, 4) is 0 Å². The van der Waals surface area contributed by atoms with Gasteiger partial charge < -0.3 is 15.5 Å². The summed E-state index contributed by atoms with van der Waals surface area (Å²) in [5.41, 5.74) is 1.70. The van der Waals surface area contributed by atoms with Gasteiger partial charge in [-0.1, -0.05) is 6.07 Å². The molecule has 0 radical (unpaired) electrons. The molecule has 1 saturated heterocycles. The Morgan fingerprint density at radius 1 is 0.966 bits per heavy atom. The third kappa shape index (κ3) is 5.74. The SMILES string of the molecule is Cc1ccc(NC(=O)C(=O)NCCN2CCN(c3ccc(F)cc3)CC2)cc1F. The number of rotatable bonds is 5. The second-order valence-corrected chi connectivity index (χ2v) is 6.98. The fourth-order valence-corrected chi connectivity index (χ4v) is 3.15. The third-order valence-corrected chi connectivity index (χ3v) is 4.91. The van der Waals surface area contributed by atoms with Gasteiger partial charge in [-0.2, -0.15) is 0 Å². The zero-order valence-corrected chi connectivity index (χ0v) is 16.3. The van der Waals surface area contributed by atoms with E-state index in [-0.39, 0.29) is 11.5 Å². The van der Waals surface area contributed by atoms with Crippen molar-refractivity contribution in [2.45, 2.75) is 6.92 Å². The average molecular weight is 402 g/mol. The highest BCUT2D eigenvalue weighted by molar-refractivity contribution is 6.39. The standard InChI is InChI=1S/C21H24F2N4O2/c1-15-2-5-17(14-19(15)23)25-21(29)20(28)24-8-9-26-10-12-27(13-11-26)18-6-3-16(22)4-7-18/h2-7,14H,8-13H2,1H3,(H,24,28)(H,25,29). The van der Waals surface area contributed by atoms with E-state index in [4.69, 9.17) is 0 Å². The molecule has 1 heterocycles. The Hall–Kier alpha value is -3.00. The summed E-state index contributed by atoms with van der Waals surface area (Å²) in [5.74, 6) is -2.27. The molecule has 0 spiro atoms. The number of halogens is 2. The molecule has 0 unspecified atom stereocenters. The molecule has 2 N–H and O–H groups in total. The van der Waals surface area contributed by atoms with Gasteiger partial charge in [-0.3, -0.25) is 14.5 Å². The molecule has 6 nitrogen and oxygen atoms in total. The summed E-state index contributed by atoms with van der Waals surface area (Å²) in [6.07, 6.45) is 0. The number of hydrogen-bond acceptors (Lipinski definition) is 4. The van der Waals surface area contributed by atoms with Crippen molar-refractivity contribution < 1.29 is 18.4 Å². The second-order valence-electron chi connectivity index (χ2n) is 6.98. The lowest BCUT2D eigenvalue weighted by Gasteiger charge is -2.36. The Bertz CT molecular complexity index is 865. The molecule has 1 fully saturated rings. The highest BCUT2D eigenvalue weighted by Crippen LogP contribution is 2.17. The molecule has 0 atom stereocenters. The summed E-state index contributed by atoms with van der Waals surface area (Å²) >= 11 is 0. The van der Waals surface area contributed by atoms with Crippen LogP contribution in [0.15, 0.2) is 42.5 Å². The largest absolute Gasteiger partial charge is 0.369 e. The maximum atomic E-state index is 13.5. The van der Waals surface area contributed by atoms with Crippen molar-refractivity contribution in [1.29, 1.82) is 0 Å². The maximum Gasteiger partial charge on any atom is 0.313 e. The van der Waals surface area contributed by atoms with Crippen LogP contribution < -0.4 is 15.5 Å². The molecule has 3 rings (SSSR count). The van der Waals surface area contributed by atoms with Crippen LogP contribution in [0.3, 0.4) is 0 Å². The number of aryl methyl sites for hydroxylation is 1. The smallest absolute Gasteiger partial charge is 0.313 e. The number of carbonyl (C=O) groups excluding carboxylic acids is 2. The number of nitrogens with one attached hydrogen (secondary N) is 2. The van der Waals surface area contributed by atoms with Crippen LogP contribution >= 0.6 is 0 Å². The molecule has 8 heteroatoms. The quantitative estimate of drug-likeness (QED) is 0.753. The van der Waals surface area contributed by atoms with Gasteiger partial charge in [0.25, 0.3) is 0 Å². The van der Waals surface area contributed by atoms with Gasteiger partial charge in [0.05, 0.1) is 0 Å². The summed E-state index contributed by atoms with van der Waals surface area (Å²) in [6.45, 7) is 5.80. The van der Waals surface area contributed by atoms with E-state index in [0.29, 0.717) is 18.7 Å². The normalized spacial score (nSPS) is 14.5. The molecule has 1 aliphatic heterocycles. The van der Waals surface area contributed by atoms with E-state index in [1.165, 1.54) is 24.3 Å². The van der Waals surface area contributed by atoms with E-state index in [2.05, 4.69) is 20.4 Å². The van der Waals surface area contributed by atoms with E-state index < -0.39 is 17.6 Å². The minimum atomic E-state index is -0.825. The van der Waals surface area contributed by atoms with Crippen molar-refractivity contribution >= 4 is 23.2 Å². The Balaban J connectivity index is 1.37. The lowest BCUT2D eigenvalue weighted by Crippen LogP contribution is -2.49. The first kappa shape index (κ1) is 20.7. The topological polar surface area (TPSA) is 64.7 Å². The van der Waals surface area contributed by atoms with Crippen LogP contribution in [0.5, 0.6) is 0 Å². The molecule has 2 aromatic carbocycles. The molecule has 0 aromatic heterocycles. The van der Waals surface area contributed by atoms with Crippen molar-refractivity contribution in [3.63, 3.8) is 0 Å². The second kappa shape index (κ2) is 9.47. The average Bonchev–Trinajstić information content (AvgIpc) is 2.72. The van der Waals surface area contributed by atoms with E-state index in [0.717, 1.165) is 31.9 Å². The maximum absolute atomic E-state index is 13.5. The number of anilines is 2. The van der Waals surface area contributed by atoms with Crippen LogP contribution in [-0.4, -0.2) is 56.0 Å². The molecule has 1 aliphatic rings. The fourth-order valence-electron chi connectivity index (χ4n) is 3.15. The number of carbonyl (C=O) groups is 2. The first-order valence-corrected chi connectivity index (χ1v) is 9.50. The molecule has 0 aliphatic carbocycles. The summed E-state index contributed by atoms with van der Waals surface area (Å²) in [6, 6.07) is 10.7. The molecular formula is C21H24F2N4O2. The number of benzene rings is 2. The van der Waals surface area contributed by atoms with Crippen molar-refractivity contribution in [1.82, 2.24) is 10.2 Å². The minimum absolute atomic E-state index is 0.241. The van der Waals surface area contributed by atoms with Gasteiger partial charge in [0.1, 0.15) is 11.6 Å². The van der Waals surface area contributed by atoms with Gasteiger partial charge in [-0.05, 0) is 48.9 Å². The van der Waals surface area contributed by atoms with Gasteiger partial charge in [0, 0.05) is 50.6 Å². The van der Waals surface area contributed by atoms with Crippen molar-refractivity contribution in [2.75, 3.05) is 49.5 Å². The monoisotopic (exact) mass is 402 g/mol. The molecule has 154 valence electrons. The predicted molar refractivity (Wildman–Crippen MR) is 108 cm³/mol. The van der Waals surface area contributed by atoms with Gasteiger partial charge in [-0.25, -0.2) is 8.78 Å². The van der Waals surface area contributed by atoms with Gasteiger partial charge in [0.2, 0.25) is 0 Å². The summed E-state index contributed by atoms with van der Waals surface area (Å²) in [4.78, 5) is 28.2. The first-order chi connectivity index (χ1) is 13.9. The molecule has 0 saturated carbocycles. The van der Waals surface area contributed by atoms with Crippen molar-refractivity contribution in [3.05, 3.63) is 59.7 Å². The molecule has 2 amide bonds. The first-order valence-electron chi connectivity index (χ1n) is 9.50. The molecule has 2 aromatic rings. The van der Waals surface area contributed by atoms with Crippen LogP contribution in [-0.2, 0) is 9.59 Å².